The van der Waals surface area contributed by atoms with E-state index in [1.807, 2.05) is 36.4 Å². The molecule has 2 aromatic rings. The first-order valence-corrected chi connectivity index (χ1v) is 6.19. The summed E-state index contributed by atoms with van der Waals surface area (Å²) in [4.78, 5) is 2.28. The Morgan fingerprint density at radius 3 is 2.47 bits per heavy atom. The third kappa shape index (κ3) is 2.74. The standard InChI is InChI=1S/C14H15NOS/c1-10-9-11(16-2)7-8-13(10)17-14-6-4-3-5-12(14)15/h3-9H,15H2,1-2H3. The minimum absolute atomic E-state index is 0.813. The lowest BCUT2D eigenvalue weighted by atomic mass is 10.2. The molecule has 0 unspecified atom stereocenters. The molecule has 0 heterocycles. The minimum atomic E-state index is 0.813. The molecule has 0 aliphatic heterocycles. The quantitative estimate of drug-likeness (QED) is 0.837. The van der Waals surface area contributed by atoms with Crippen LogP contribution in [0.1, 0.15) is 5.56 Å². The molecule has 0 aliphatic rings. The number of hydrogen-bond donors (Lipinski definition) is 1. The molecule has 3 heteroatoms. The Kier molecular flexibility index (Phi) is 3.59. The van der Waals surface area contributed by atoms with Crippen LogP contribution in [0, 0.1) is 6.92 Å². The molecule has 17 heavy (non-hydrogen) atoms. The molecule has 0 radical (unpaired) electrons. The Hall–Kier alpha value is -1.61. The summed E-state index contributed by atoms with van der Waals surface area (Å²) in [7, 11) is 1.68. The normalized spacial score (nSPS) is 10.2. The van der Waals surface area contributed by atoms with E-state index in [0.29, 0.717) is 0 Å². The Labute approximate surface area is 106 Å². The van der Waals surface area contributed by atoms with Gasteiger partial charge in [-0.25, -0.2) is 0 Å². The lowest BCUT2D eigenvalue weighted by Gasteiger charge is -2.09. The van der Waals surface area contributed by atoms with E-state index in [1.54, 1.807) is 18.9 Å². The van der Waals surface area contributed by atoms with Crippen molar-refractivity contribution in [3.8, 4) is 5.75 Å². The van der Waals surface area contributed by atoms with E-state index in [-0.39, 0.29) is 0 Å². The molecule has 88 valence electrons. The van der Waals surface area contributed by atoms with E-state index in [0.717, 1.165) is 16.3 Å². The second kappa shape index (κ2) is 5.15. The topological polar surface area (TPSA) is 35.2 Å². The zero-order chi connectivity index (χ0) is 12.3. The van der Waals surface area contributed by atoms with Gasteiger partial charge in [-0.15, -0.1) is 0 Å². The van der Waals surface area contributed by atoms with Crippen LogP contribution >= 0.6 is 11.8 Å². The van der Waals surface area contributed by atoms with Gasteiger partial charge in [-0.2, -0.15) is 0 Å². The molecule has 2 N–H and O–H groups in total. The van der Waals surface area contributed by atoms with Gasteiger partial charge in [-0.1, -0.05) is 23.9 Å². The van der Waals surface area contributed by atoms with Crippen LogP contribution < -0.4 is 10.5 Å². The number of benzene rings is 2. The highest BCUT2D eigenvalue weighted by Crippen LogP contribution is 2.34. The average Bonchev–Trinajstić information content (AvgIpc) is 2.34. The maximum atomic E-state index is 5.93. The Bertz CT molecular complexity index is 525. The van der Waals surface area contributed by atoms with Gasteiger partial charge in [-0.3, -0.25) is 0 Å². The van der Waals surface area contributed by atoms with E-state index in [1.165, 1.54) is 10.5 Å². The number of hydrogen-bond acceptors (Lipinski definition) is 3. The number of nitrogens with two attached hydrogens (primary N) is 1. The number of anilines is 1. The third-order valence-corrected chi connectivity index (χ3v) is 3.79. The number of para-hydroxylation sites is 1. The third-order valence-electron chi connectivity index (χ3n) is 2.52. The van der Waals surface area contributed by atoms with Crippen molar-refractivity contribution >= 4 is 17.4 Å². The van der Waals surface area contributed by atoms with Crippen molar-refractivity contribution in [2.45, 2.75) is 16.7 Å². The lowest BCUT2D eigenvalue weighted by molar-refractivity contribution is 0.414. The smallest absolute Gasteiger partial charge is 0.119 e. The van der Waals surface area contributed by atoms with Gasteiger partial charge in [0.25, 0.3) is 0 Å². The molecule has 0 saturated heterocycles. The van der Waals surface area contributed by atoms with Crippen molar-refractivity contribution in [1.29, 1.82) is 0 Å². The molecule has 0 saturated carbocycles. The van der Waals surface area contributed by atoms with Crippen LogP contribution in [-0.2, 0) is 0 Å². The van der Waals surface area contributed by atoms with Gasteiger partial charge in [-0.05, 0) is 42.8 Å². The maximum Gasteiger partial charge on any atom is 0.119 e. The van der Waals surface area contributed by atoms with Crippen LogP contribution in [0.4, 0.5) is 5.69 Å². The van der Waals surface area contributed by atoms with E-state index >= 15 is 0 Å². The van der Waals surface area contributed by atoms with Crippen LogP contribution in [0.3, 0.4) is 0 Å². The number of nitrogen functional groups attached to an aromatic ring is 1. The number of rotatable bonds is 3. The van der Waals surface area contributed by atoms with Crippen molar-refractivity contribution in [3.05, 3.63) is 48.0 Å². The predicted octanol–water partition coefficient (Wildman–Crippen LogP) is 3.74. The van der Waals surface area contributed by atoms with Gasteiger partial charge < -0.3 is 10.5 Å². The van der Waals surface area contributed by atoms with Crippen molar-refractivity contribution in [2.75, 3.05) is 12.8 Å². The first-order chi connectivity index (χ1) is 8.20. The summed E-state index contributed by atoms with van der Waals surface area (Å²) in [6.07, 6.45) is 0. The fourth-order valence-electron chi connectivity index (χ4n) is 1.56. The lowest BCUT2D eigenvalue weighted by Crippen LogP contribution is -1.89. The van der Waals surface area contributed by atoms with Crippen LogP contribution in [0.2, 0.25) is 0 Å². The van der Waals surface area contributed by atoms with Crippen LogP contribution in [0.25, 0.3) is 0 Å². The van der Waals surface area contributed by atoms with Crippen LogP contribution in [0.5, 0.6) is 5.75 Å². The average molecular weight is 245 g/mol. The minimum Gasteiger partial charge on any atom is -0.497 e. The zero-order valence-corrected chi connectivity index (χ0v) is 10.8. The summed E-state index contributed by atoms with van der Waals surface area (Å²) in [5.41, 5.74) is 7.93. The predicted molar refractivity (Wildman–Crippen MR) is 72.7 cm³/mol. The highest BCUT2D eigenvalue weighted by molar-refractivity contribution is 7.99. The molecule has 0 amide bonds. The first kappa shape index (κ1) is 11.9. The number of methoxy groups -OCH3 is 1. The first-order valence-electron chi connectivity index (χ1n) is 5.37. The second-order valence-corrected chi connectivity index (χ2v) is 4.86. The van der Waals surface area contributed by atoms with Crippen LogP contribution in [0.15, 0.2) is 52.3 Å². The Balaban J connectivity index is 2.28. The monoisotopic (exact) mass is 245 g/mol. The molecular weight excluding hydrogens is 230 g/mol. The van der Waals surface area contributed by atoms with Gasteiger partial charge in [0.15, 0.2) is 0 Å². The van der Waals surface area contributed by atoms with E-state index in [9.17, 15) is 0 Å². The molecular formula is C14H15NOS. The van der Waals surface area contributed by atoms with Gasteiger partial charge in [0.05, 0.1) is 7.11 Å². The molecule has 0 atom stereocenters. The highest BCUT2D eigenvalue weighted by atomic mass is 32.2. The van der Waals surface area contributed by atoms with Gasteiger partial charge in [0.2, 0.25) is 0 Å². The van der Waals surface area contributed by atoms with E-state index in [4.69, 9.17) is 10.5 Å². The molecule has 0 aromatic heterocycles. The fraction of sp³-hybridized carbons (Fsp3) is 0.143. The number of ether oxygens (including phenoxy) is 1. The molecule has 2 rings (SSSR count). The van der Waals surface area contributed by atoms with Gasteiger partial charge >= 0.3 is 0 Å². The number of aryl methyl sites for hydroxylation is 1. The summed E-state index contributed by atoms with van der Waals surface area (Å²) in [6.45, 7) is 2.07. The van der Waals surface area contributed by atoms with Crippen molar-refractivity contribution in [1.82, 2.24) is 0 Å². The molecule has 0 fully saturated rings. The molecule has 0 spiro atoms. The molecule has 0 aliphatic carbocycles. The molecule has 2 nitrogen and oxygen atoms in total. The summed E-state index contributed by atoms with van der Waals surface area (Å²) in [5, 5.41) is 0. The second-order valence-electron chi connectivity index (χ2n) is 3.77. The summed E-state index contributed by atoms with van der Waals surface area (Å²) in [6, 6.07) is 13.9. The summed E-state index contributed by atoms with van der Waals surface area (Å²) >= 11 is 1.68. The summed E-state index contributed by atoms with van der Waals surface area (Å²) < 4.78 is 5.19. The maximum absolute atomic E-state index is 5.93. The van der Waals surface area contributed by atoms with E-state index in [2.05, 4.69) is 13.0 Å². The Morgan fingerprint density at radius 2 is 1.82 bits per heavy atom. The SMILES string of the molecule is COc1ccc(Sc2ccccc2N)c(C)c1. The molecule has 0 bridgehead atoms. The van der Waals surface area contributed by atoms with Crippen molar-refractivity contribution in [3.63, 3.8) is 0 Å². The van der Waals surface area contributed by atoms with Gasteiger partial charge in [0, 0.05) is 15.5 Å². The van der Waals surface area contributed by atoms with E-state index < -0.39 is 0 Å². The van der Waals surface area contributed by atoms with Crippen molar-refractivity contribution < 1.29 is 4.74 Å². The van der Waals surface area contributed by atoms with Crippen molar-refractivity contribution in [2.24, 2.45) is 0 Å². The highest BCUT2D eigenvalue weighted by Gasteiger charge is 2.04. The molecule has 2 aromatic carbocycles. The largest absolute Gasteiger partial charge is 0.497 e. The summed E-state index contributed by atoms with van der Waals surface area (Å²) in [5.74, 6) is 0.882. The fourth-order valence-corrected chi connectivity index (χ4v) is 2.48. The zero-order valence-electron chi connectivity index (χ0n) is 9.94. The van der Waals surface area contributed by atoms with Crippen LogP contribution in [-0.4, -0.2) is 7.11 Å². The van der Waals surface area contributed by atoms with Gasteiger partial charge in [0.1, 0.15) is 5.75 Å². The Morgan fingerprint density at radius 1 is 1.06 bits per heavy atom.